The summed E-state index contributed by atoms with van der Waals surface area (Å²) in [6.07, 6.45) is 1.84. The molecule has 1 rings (SSSR count). The van der Waals surface area contributed by atoms with Crippen LogP contribution in [0.2, 0.25) is 19.6 Å². The predicted octanol–water partition coefficient (Wildman–Crippen LogP) is 2.48. The van der Waals surface area contributed by atoms with Gasteiger partial charge in [0.15, 0.2) is 14.6 Å². The molecule has 0 N–H and O–H groups in total. The third kappa shape index (κ3) is 6.02. The minimum absolute atomic E-state index is 0.367. The minimum Gasteiger partial charge on any atom is -0.465 e. The molecule has 1 fully saturated rings. The fourth-order valence-electron chi connectivity index (χ4n) is 2.03. The second-order valence-corrected chi connectivity index (χ2v) is 10.8. The van der Waals surface area contributed by atoms with Gasteiger partial charge >= 0.3 is 5.97 Å². The minimum atomic E-state index is -1.71. The number of esters is 1. The van der Waals surface area contributed by atoms with Crippen molar-refractivity contribution in [3.05, 3.63) is 0 Å². The Bertz CT molecular complexity index is 419. The van der Waals surface area contributed by atoms with Crippen LogP contribution in [0.4, 0.5) is 0 Å². The zero-order chi connectivity index (χ0) is 16.8. The first kappa shape index (κ1) is 19.1. The molecule has 0 aromatic carbocycles. The van der Waals surface area contributed by atoms with Gasteiger partial charge in [-0.3, -0.25) is 0 Å². The third-order valence-electron chi connectivity index (χ3n) is 3.02. The van der Waals surface area contributed by atoms with E-state index in [4.69, 9.17) is 24.2 Å². The first-order valence-corrected chi connectivity index (χ1v) is 10.8. The summed E-state index contributed by atoms with van der Waals surface area (Å²) in [5, 5.41) is 9.08. The zero-order valence-electron chi connectivity index (χ0n) is 13.9. The van der Waals surface area contributed by atoms with Crippen LogP contribution in [0, 0.1) is 11.3 Å². The van der Waals surface area contributed by atoms with Crippen LogP contribution in [-0.4, -0.2) is 39.6 Å². The van der Waals surface area contributed by atoms with Gasteiger partial charge in [-0.05, 0) is 38.9 Å². The Morgan fingerprint density at radius 1 is 1.41 bits per heavy atom. The number of ether oxygens (including phenoxy) is 2. The summed E-state index contributed by atoms with van der Waals surface area (Å²) in [5.74, 6) is -2.14. The van der Waals surface area contributed by atoms with Crippen LogP contribution in [-0.2, 0) is 28.5 Å². The molecule has 0 radical (unpaired) electrons. The van der Waals surface area contributed by atoms with Gasteiger partial charge in [-0.25, -0.2) is 9.68 Å². The average molecular weight is 331 g/mol. The molecule has 126 valence electrons. The van der Waals surface area contributed by atoms with Crippen LogP contribution in [0.3, 0.4) is 0 Å². The number of carbonyl (C=O) groups excluding carboxylic acids is 1. The Morgan fingerprint density at radius 3 is 2.64 bits per heavy atom. The van der Waals surface area contributed by atoms with E-state index in [1.807, 2.05) is 0 Å². The molecule has 1 aliphatic rings. The van der Waals surface area contributed by atoms with E-state index in [0.29, 0.717) is 12.8 Å². The Balaban J connectivity index is 2.26. The second kappa shape index (κ2) is 8.03. The summed E-state index contributed by atoms with van der Waals surface area (Å²) in [7, 11) is -0.448. The molecule has 8 heteroatoms. The van der Waals surface area contributed by atoms with Crippen molar-refractivity contribution in [2.45, 2.75) is 70.4 Å². The van der Waals surface area contributed by atoms with Gasteiger partial charge in [-0.15, -0.1) is 0 Å². The number of unbranched alkanes of at least 4 members (excludes halogenated alkanes) is 1. The summed E-state index contributed by atoms with van der Waals surface area (Å²) in [6, 6.07) is 2.19. The predicted molar refractivity (Wildman–Crippen MR) is 79.8 cm³/mol. The van der Waals surface area contributed by atoms with E-state index >= 15 is 0 Å². The van der Waals surface area contributed by atoms with Crippen molar-refractivity contribution in [3.63, 3.8) is 0 Å². The lowest BCUT2D eigenvalue weighted by atomic mass is 10.1. The van der Waals surface area contributed by atoms with E-state index in [-0.39, 0.29) is 6.10 Å². The summed E-state index contributed by atoms with van der Waals surface area (Å²) in [4.78, 5) is 21.4. The molecular weight excluding hydrogens is 306 g/mol. The fraction of sp³-hybridized carbons (Fsp3) is 0.857. The van der Waals surface area contributed by atoms with Gasteiger partial charge in [0, 0.05) is 13.3 Å². The molecule has 0 aromatic heterocycles. The molecule has 0 aliphatic carbocycles. The quantitative estimate of drug-likeness (QED) is 0.292. The number of rotatable bonds is 8. The maximum atomic E-state index is 11.5. The Morgan fingerprint density at radius 2 is 2.09 bits per heavy atom. The number of nitrogens with zero attached hydrogens (tertiary/aromatic N) is 1. The monoisotopic (exact) mass is 331 g/mol. The first-order chi connectivity index (χ1) is 10.2. The van der Waals surface area contributed by atoms with Crippen LogP contribution < -0.4 is 0 Å². The van der Waals surface area contributed by atoms with Crippen molar-refractivity contribution >= 4 is 14.3 Å². The molecule has 1 heterocycles. The maximum absolute atomic E-state index is 11.5. The van der Waals surface area contributed by atoms with E-state index in [1.165, 1.54) is 14.0 Å². The molecule has 3 unspecified atom stereocenters. The highest BCUT2D eigenvalue weighted by molar-refractivity contribution is 6.69. The van der Waals surface area contributed by atoms with E-state index in [2.05, 4.69) is 30.4 Å². The smallest absolute Gasteiger partial charge is 0.369 e. The molecular formula is C14H25NO6Si. The van der Waals surface area contributed by atoms with Gasteiger partial charge in [0.1, 0.15) is 6.10 Å². The van der Waals surface area contributed by atoms with E-state index < -0.39 is 26.4 Å². The third-order valence-corrected chi connectivity index (χ3v) is 4.01. The molecule has 0 aromatic rings. The second-order valence-electron chi connectivity index (χ2n) is 6.30. The average Bonchev–Trinajstić information content (AvgIpc) is 2.83. The fourth-order valence-corrected chi connectivity index (χ4v) is 3.05. The number of methoxy groups -OCH3 is 1. The molecule has 22 heavy (non-hydrogen) atoms. The lowest BCUT2D eigenvalue weighted by Gasteiger charge is -2.21. The van der Waals surface area contributed by atoms with Gasteiger partial charge in [0.05, 0.1) is 13.2 Å². The largest absolute Gasteiger partial charge is 0.465 e. The number of hydrogen-bond acceptors (Lipinski definition) is 7. The van der Waals surface area contributed by atoms with Crippen LogP contribution in [0.5, 0.6) is 0 Å². The van der Waals surface area contributed by atoms with E-state index in [1.54, 1.807) is 0 Å². The maximum Gasteiger partial charge on any atom is 0.369 e. The van der Waals surface area contributed by atoms with Crippen molar-refractivity contribution in [2.75, 3.05) is 7.11 Å². The van der Waals surface area contributed by atoms with Gasteiger partial charge < -0.3 is 13.9 Å². The summed E-state index contributed by atoms with van der Waals surface area (Å²) in [5.41, 5.74) is 0. The molecule has 1 aliphatic heterocycles. The van der Waals surface area contributed by atoms with Gasteiger partial charge in [-0.2, -0.15) is 10.1 Å². The molecule has 7 nitrogen and oxygen atoms in total. The van der Waals surface area contributed by atoms with Gasteiger partial charge in [0.2, 0.25) is 0 Å². The Kier molecular flexibility index (Phi) is 6.96. The Hall–Kier alpha value is -0.983. The summed E-state index contributed by atoms with van der Waals surface area (Å²) < 4.78 is 15.8. The lowest BCUT2D eigenvalue weighted by molar-refractivity contribution is -0.321. The number of nitriles is 1. The molecule has 0 bridgehead atoms. The summed E-state index contributed by atoms with van der Waals surface area (Å²) in [6.45, 7) is 7.62. The van der Waals surface area contributed by atoms with E-state index in [0.717, 1.165) is 12.8 Å². The van der Waals surface area contributed by atoms with Crippen molar-refractivity contribution in [1.82, 2.24) is 0 Å². The number of hydrogen-bond donors (Lipinski definition) is 0. The van der Waals surface area contributed by atoms with Crippen LogP contribution in [0.25, 0.3) is 0 Å². The molecule has 0 amide bonds. The standard InChI is InChI=1S/C14H25NO6Si/c1-14(13(16)17-2)18-12(19-21-14)9-7-6-8-11(10-15)20-22(3,4)5/h11-12H,6-9H2,1-5H3. The molecule has 1 saturated heterocycles. The SMILES string of the molecule is COC(=O)C1(C)OOC(CCCCC(C#N)O[Si](C)(C)C)O1. The van der Waals surface area contributed by atoms with Crippen LogP contribution in [0.1, 0.15) is 32.6 Å². The van der Waals surface area contributed by atoms with Crippen molar-refractivity contribution in [1.29, 1.82) is 5.26 Å². The van der Waals surface area contributed by atoms with Crippen molar-refractivity contribution in [3.8, 4) is 6.07 Å². The molecule has 0 saturated carbocycles. The van der Waals surface area contributed by atoms with E-state index in [9.17, 15) is 4.79 Å². The van der Waals surface area contributed by atoms with Crippen LogP contribution >= 0.6 is 0 Å². The summed E-state index contributed by atoms with van der Waals surface area (Å²) >= 11 is 0. The number of carbonyl (C=O) groups is 1. The highest BCUT2D eigenvalue weighted by Gasteiger charge is 2.47. The van der Waals surface area contributed by atoms with Crippen LogP contribution in [0.15, 0.2) is 0 Å². The Labute approximate surface area is 132 Å². The normalized spacial score (nSPS) is 26.5. The lowest BCUT2D eigenvalue weighted by Crippen LogP contribution is -2.38. The highest BCUT2D eigenvalue weighted by atomic mass is 28.4. The van der Waals surface area contributed by atoms with Gasteiger partial charge in [-0.1, -0.05) is 0 Å². The van der Waals surface area contributed by atoms with Crippen molar-refractivity contribution < 1.29 is 28.5 Å². The first-order valence-electron chi connectivity index (χ1n) is 7.38. The molecule has 0 spiro atoms. The van der Waals surface area contributed by atoms with Gasteiger partial charge in [0.25, 0.3) is 5.79 Å². The van der Waals surface area contributed by atoms with Crippen molar-refractivity contribution in [2.24, 2.45) is 0 Å². The topological polar surface area (TPSA) is 87.0 Å². The highest BCUT2D eigenvalue weighted by Crippen LogP contribution is 2.28. The zero-order valence-corrected chi connectivity index (χ0v) is 14.9. The molecule has 3 atom stereocenters.